The number of halogens is 2. The first-order chi connectivity index (χ1) is 7.07. The average Bonchev–Trinajstić information content (AvgIpc) is 2.16. The van der Waals surface area contributed by atoms with Crippen molar-refractivity contribution in [1.29, 1.82) is 0 Å². The summed E-state index contributed by atoms with van der Waals surface area (Å²) in [6, 6.07) is 7.32. The molecule has 1 saturated carbocycles. The van der Waals surface area contributed by atoms with Crippen molar-refractivity contribution in [2.24, 2.45) is 0 Å². The SMILES string of the molecule is Nc1cccc(C2CCCC(F)(F)C2)c1. The van der Waals surface area contributed by atoms with Crippen molar-refractivity contribution in [2.45, 2.75) is 37.5 Å². The van der Waals surface area contributed by atoms with Crippen LogP contribution < -0.4 is 5.73 Å². The van der Waals surface area contributed by atoms with Crippen molar-refractivity contribution in [3.05, 3.63) is 29.8 Å². The third-order valence-electron chi connectivity index (χ3n) is 3.02. The van der Waals surface area contributed by atoms with Crippen LogP contribution in [0.25, 0.3) is 0 Å². The maximum absolute atomic E-state index is 13.2. The van der Waals surface area contributed by atoms with E-state index in [9.17, 15) is 8.78 Å². The minimum atomic E-state index is -2.49. The van der Waals surface area contributed by atoms with Crippen molar-refractivity contribution < 1.29 is 8.78 Å². The van der Waals surface area contributed by atoms with Crippen LogP contribution in [0, 0.1) is 0 Å². The molecular formula is C12H15F2N. The molecule has 0 amide bonds. The van der Waals surface area contributed by atoms with E-state index in [1.807, 2.05) is 18.2 Å². The summed E-state index contributed by atoms with van der Waals surface area (Å²) in [7, 11) is 0. The monoisotopic (exact) mass is 211 g/mol. The van der Waals surface area contributed by atoms with Crippen LogP contribution in [0.1, 0.15) is 37.2 Å². The number of nitrogens with two attached hydrogens (primary N) is 1. The molecule has 2 rings (SSSR count). The summed E-state index contributed by atoms with van der Waals surface area (Å²) >= 11 is 0. The number of anilines is 1. The fourth-order valence-electron chi connectivity index (χ4n) is 2.27. The van der Waals surface area contributed by atoms with Gasteiger partial charge in [-0.2, -0.15) is 0 Å². The molecule has 0 aliphatic heterocycles. The Balaban J connectivity index is 2.17. The minimum Gasteiger partial charge on any atom is -0.399 e. The second-order valence-electron chi connectivity index (χ2n) is 4.32. The molecule has 0 radical (unpaired) electrons. The summed E-state index contributed by atoms with van der Waals surface area (Å²) < 4.78 is 26.4. The molecule has 1 nitrogen and oxygen atoms in total. The molecule has 1 unspecified atom stereocenters. The third-order valence-corrected chi connectivity index (χ3v) is 3.02. The summed E-state index contributed by atoms with van der Waals surface area (Å²) in [5.41, 5.74) is 7.25. The molecule has 1 aliphatic carbocycles. The number of nitrogen functional groups attached to an aromatic ring is 1. The number of hydrogen-bond acceptors (Lipinski definition) is 1. The summed E-state index contributed by atoms with van der Waals surface area (Å²) in [6.07, 6.45) is 1.45. The van der Waals surface area contributed by atoms with Crippen molar-refractivity contribution >= 4 is 5.69 Å². The number of alkyl halides is 2. The standard InChI is InChI=1S/C12H15F2N/c13-12(14)6-2-4-10(8-12)9-3-1-5-11(15)7-9/h1,3,5,7,10H,2,4,6,8,15H2. The van der Waals surface area contributed by atoms with Crippen LogP contribution in [0.15, 0.2) is 24.3 Å². The van der Waals surface area contributed by atoms with Crippen LogP contribution >= 0.6 is 0 Å². The summed E-state index contributed by atoms with van der Waals surface area (Å²) in [5.74, 6) is -2.52. The normalized spacial score (nSPS) is 25.1. The topological polar surface area (TPSA) is 26.0 Å². The fraction of sp³-hybridized carbons (Fsp3) is 0.500. The van der Waals surface area contributed by atoms with Gasteiger partial charge in [-0.05, 0) is 36.5 Å². The van der Waals surface area contributed by atoms with Crippen molar-refractivity contribution in [2.75, 3.05) is 5.73 Å². The van der Waals surface area contributed by atoms with Crippen LogP contribution in [-0.4, -0.2) is 5.92 Å². The summed E-state index contributed by atoms with van der Waals surface area (Å²) in [5, 5.41) is 0. The van der Waals surface area contributed by atoms with Gasteiger partial charge in [0.05, 0.1) is 0 Å². The highest BCUT2D eigenvalue weighted by atomic mass is 19.3. The zero-order chi connectivity index (χ0) is 10.9. The Hall–Kier alpha value is -1.12. The maximum atomic E-state index is 13.2. The first kappa shape index (κ1) is 10.4. The van der Waals surface area contributed by atoms with Crippen LogP contribution in [0.3, 0.4) is 0 Å². The van der Waals surface area contributed by atoms with Gasteiger partial charge in [-0.15, -0.1) is 0 Å². The van der Waals surface area contributed by atoms with Crippen LogP contribution in [0.2, 0.25) is 0 Å². The Morgan fingerprint density at radius 3 is 2.80 bits per heavy atom. The second-order valence-corrected chi connectivity index (χ2v) is 4.32. The van der Waals surface area contributed by atoms with E-state index in [4.69, 9.17) is 5.73 Å². The molecule has 15 heavy (non-hydrogen) atoms. The quantitative estimate of drug-likeness (QED) is 0.706. The summed E-state index contributed by atoms with van der Waals surface area (Å²) in [4.78, 5) is 0. The van der Waals surface area contributed by atoms with E-state index in [-0.39, 0.29) is 18.8 Å². The van der Waals surface area contributed by atoms with E-state index in [1.165, 1.54) is 0 Å². The van der Waals surface area contributed by atoms with E-state index >= 15 is 0 Å². The molecule has 0 aromatic heterocycles. The van der Waals surface area contributed by atoms with Gasteiger partial charge in [-0.1, -0.05) is 12.1 Å². The third kappa shape index (κ3) is 2.46. The molecule has 1 aromatic carbocycles. The lowest BCUT2D eigenvalue weighted by Gasteiger charge is -2.29. The van der Waals surface area contributed by atoms with Crippen molar-refractivity contribution in [3.63, 3.8) is 0 Å². The largest absolute Gasteiger partial charge is 0.399 e. The van der Waals surface area contributed by atoms with Crippen LogP contribution in [0.5, 0.6) is 0 Å². The number of benzene rings is 1. The molecule has 1 aromatic rings. The molecule has 0 bridgehead atoms. The molecule has 1 aliphatic rings. The van der Waals surface area contributed by atoms with Gasteiger partial charge >= 0.3 is 0 Å². The van der Waals surface area contributed by atoms with E-state index in [0.29, 0.717) is 12.1 Å². The predicted molar refractivity (Wildman–Crippen MR) is 57.0 cm³/mol. The second kappa shape index (κ2) is 3.80. The molecule has 3 heteroatoms. The lowest BCUT2D eigenvalue weighted by Crippen LogP contribution is -2.24. The van der Waals surface area contributed by atoms with Crippen LogP contribution in [-0.2, 0) is 0 Å². The number of hydrogen-bond donors (Lipinski definition) is 1. The van der Waals surface area contributed by atoms with E-state index in [0.717, 1.165) is 12.0 Å². The Labute approximate surface area is 88.3 Å². The van der Waals surface area contributed by atoms with E-state index < -0.39 is 5.92 Å². The Morgan fingerprint density at radius 2 is 2.13 bits per heavy atom. The molecule has 1 fully saturated rings. The van der Waals surface area contributed by atoms with Crippen LogP contribution in [0.4, 0.5) is 14.5 Å². The summed E-state index contributed by atoms with van der Waals surface area (Å²) in [6.45, 7) is 0. The van der Waals surface area contributed by atoms with Gasteiger partial charge in [0.2, 0.25) is 5.92 Å². The van der Waals surface area contributed by atoms with Gasteiger partial charge in [0, 0.05) is 18.5 Å². The van der Waals surface area contributed by atoms with Crippen molar-refractivity contribution in [3.8, 4) is 0 Å². The first-order valence-electron chi connectivity index (χ1n) is 5.30. The molecular weight excluding hydrogens is 196 g/mol. The molecule has 82 valence electrons. The van der Waals surface area contributed by atoms with Gasteiger partial charge in [-0.3, -0.25) is 0 Å². The smallest absolute Gasteiger partial charge is 0.248 e. The zero-order valence-corrected chi connectivity index (χ0v) is 8.55. The Kier molecular flexibility index (Phi) is 2.63. The molecule has 0 saturated heterocycles. The van der Waals surface area contributed by atoms with Gasteiger partial charge < -0.3 is 5.73 Å². The maximum Gasteiger partial charge on any atom is 0.248 e. The Bertz CT molecular complexity index is 349. The van der Waals surface area contributed by atoms with Gasteiger partial charge in [0.15, 0.2) is 0 Å². The highest BCUT2D eigenvalue weighted by molar-refractivity contribution is 5.42. The van der Waals surface area contributed by atoms with Gasteiger partial charge in [0.25, 0.3) is 0 Å². The highest BCUT2D eigenvalue weighted by Gasteiger charge is 2.36. The molecule has 0 heterocycles. The lowest BCUT2D eigenvalue weighted by molar-refractivity contribution is -0.0407. The number of rotatable bonds is 1. The predicted octanol–water partition coefficient (Wildman–Crippen LogP) is 3.56. The zero-order valence-electron chi connectivity index (χ0n) is 8.55. The van der Waals surface area contributed by atoms with E-state index in [1.54, 1.807) is 6.07 Å². The highest BCUT2D eigenvalue weighted by Crippen LogP contribution is 2.41. The molecule has 1 atom stereocenters. The Morgan fingerprint density at radius 1 is 1.33 bits per heavy atom. The lowest BCUT2D eigenvalue weighted by atomic mass is 9.82. The van der Waals surface area contributed by atoms with Crippen molar-refractivity contribution in [1.82, 2.24) is 0 Å². The average molecular weight is 211 g/mol. The molecule has 0 spiro atoms. The van der Waals surface area contributed by atoms with E-state index in [2.05, 4.69) is 0 Å². The first-order valence-corrected chi connectivity index (χ1v) is 5.30. The molecule has 2 N–H and O–H groups in total. The van der Waals surface area contributed by atoms with Gasteiger partial charge in [-0.25, -0.2) is 8.78 Å². The van der Waals surface area contributed by atoms with Gasteiger partial charge in [0.1, 0.15) is 0 Å². The minimum absolute atomic E-state index is 0.0303. The fourth-order valence-corrected chi connectivity index (χ4v) is 2.27.